The zero-order valence-corrected chi connectivity index (χ0v) is 15.2. The molecule has 2 amide bonds. The monoisotopic (exact) mass is 364 g/mol. The SMILES string of the molecule is COc1ccc([C@H](C)NC(=O)C[C@H](NC(C)=O)c2cccs2)cc1F. The van der Waals surface area contributed by atoms with Gasteiger partial charge in [-0.15, -0.1) is 11.3 Å². The van der Waals surface area contributed by atoms with Crippen molar-refractivity contribution in [2.24, 2.45) is 0 Å². The van der Waals surface area contributed by atoms with Crippen LogP contribution in [0.4, 0.5) is 4.39 Å². The molecule has 0 bridgehead atoms. The second-order valence-electron chi connectivity index (χ2n) is 5.66. The van der Waals surface area contributed by atoms with E-state index in [2.05, 4.69) is 10.6 Å². The van der Waals surface area contributed by atoms with Gasteiger partial charge in [0.1, 0.15) is 0 Å². The van der Waals surface area contributed by atoms with Crippen LogP contribution in [0.2, 0.25) is 0 Å². The molecule has 2 N–H and O–H groups in total. The Balaban J connectivity index is 2.02. The Kier molecular flexibility index (Phi) is 6.52. The molecule has 25 heavy (non-hydrogen) atoms. The van der Waals surface area contributed by atoms with Gasteiger partial charge in [0, 0.05) is 11.8 Å². The van der Waals surface area contributed by atoms with Gasteiger partial charge in [-0.3, -0.25) is 9.59 Å². The summed E-state index contributed by atoms with van der Waals surface area (Å²) in [5.41, 5.74) is 0.638. The van der Waals surface area contributed by atoms with Crippen molar-refractivity contribution in [1.82, 2.24) is 10.6 Å². The van der Waals surface area contributed by atoms with Crippen LogP contribution in [0.1, 0.15) is 42.8 Å². The summed E-state index contributed by atoms with van der Waals surface area (Å²) in [6.45, 7) is 3.19. The van der Waals surface area contributed by atoms with E-state index in [9.17, 15) is 14.0 Å². The van der Waals surface area contributed by atoms with Gasteiger partial charge >= 0.3 is 0 Å². The predicted octanol–water partition coefficient (Wildman–Crippen LogP) is 3.34. The molecule has 0 unspecified atom stereocenters. The first kappa shape index (κ1) is 18.9. The van der Waals surface area contributed by atoms with E-state index in [0.29, 0.717) is 5.56 Å². The maximum Gasteiger partial charge on any atom is 0.222 e. The number of nitrogens with one attached hydrogen (secondary N) is 2. The van der Waals surface area contributed by atoms with Gasteiger partial charge in [-0.1, -0.05) is 12.1 Å². The fourth-order valence-corrected chi connectivity index (χ4v) is 3.26. The van der Waals surface area contributed by atoms with Crippen LogP contribution < -0.4 is 15.4 Å². The Morgan fingerprint density at radius 2 is 2.04 bits per heavy atom. The van der Waals surface area contributed by atoms with Gasteiger partial charge in [0.05, 0.1) is 25.6 Å². The van der Waals surface area contributed by atoms with E-state index in [1.165, 1.54) is 37.5 Å². The van der Waals surface area contributed by atoms with Gasteiger partial charge in [-0.2, -0.15) is 0 Å². The lowest BCUT2D eigenvalue weighted by Gasteiger charge is -2.19. The second kappa shape index (κ2) is 8.62. The summed E-state index contributed by atoms with van der Waals surface area (Å²) in [7, 11) is 1.40. The summed E-state index contributed by atoms with van der Waals surface area (Å²) >= 11 is 1.48. The average Bonchev–Trinajstić information content (AvgIpc) is 3.08. The largest absolute Gasteiger partial charge is 0.494 e. The minimum Gasteiger partial charge on any atom is -0.494 e. The first-order valence-electron chi connectivity index (χ1n) is 7.84. The zero-order chi connectivity index (χ0) is 18.4. The smallest absolute Gasteiger partial charge is 0.222 e. The Morgan fingerprint density at radius 1 is 1.28 bits per heavy atom. The number of halogens is 1. The van der Waals surface area contributed by atoms with E-state index >= 15 is 0 Å². The molecule has 2 aromatic rings. The van der Waals surface area contributed by atoms with Crippen LogP contribution in [0, 0.1) is 5.82 Å². The highest BCUT2D eigenvalue weighted by Crippen LogP contribution is 2.24. The first-order valence-corrected chi connectivity index (χ1v) is 8.72. The van der Waals surface area contributed by atoms with E-state index in [0.717, 1.165) is 4.88 Å². The van der Waals surface area contributed by atoms with Crippen molar-refractivity contribution in [3.63, 3.8) is 0 Å². The van der Waals surface area contributed by atoms with Crippen LogP contribution in [0.5, 0.6) is 5.75 Å². The summed E-state index contributed by atoms with van der Waals surface area (Å²) in [5.74, 6) is -0.742. The Labute approximate surface area is 150 Å². The van der Waals surface area contributed by atoms with Gasteiger partial charge in [0.15, 0.2) is 11.6 Å². The lowest BCUT2D eigenvalue weighted by Crippen LogP contribution is -2.33. The van der Waals surface area contributed by atoms with Gasteiger partial charge in [0.25, 0.3) is 0 Å². The topological polar surface area (TPSA) is 67.4 Å². The highest BCUT2D eigenvalue weighted by atomic mass is 32.1. The van der Waals surface area contributed by atoms with Gasteiger partial charge < -0.3 is 15.4 Å². The van der Waals surface area contributed by atoms with Crippen molar-refractivity contribution in [3.8, 4) is 5.75 Å². The molecule has 0 aliphatic rings. The van der Waals surface area contributed by atoms with Crippen molar-refractivity contribution >= 4 is 23.2 Å². The molecule has 0 fully saturated rings. The summed E-state index contributed by atoms with van der Waals surface area (Å²) in [6.07, 6.45) is 0.114. The minimum absolute atomic E-state index is 0.114. The number of ether oxygens (including phenoxy) is 1. The van der Waals surface area contributed by atoms with Crippen LogP contribution >= 0.6 is 11.3 Å². The molecule has 0 saturated heterocycles. The Bertz CT molecular complexity index is 734. The fraction of sp³-hybridized carbons (Fsp3) is 0.333. The molecule has 5 nitrogen and oxygen atoms in total. The first-order chi connectivity index (χ1) is 11.9. The number of thiophene rings is 1. The maximum atomic E-state index is 13.8. The number of rotatable bonds is 7. The average molecular weight is 364 g/mol. The molecular formula is C18H21FN2O3S. The number of carbonyl (C=O) groups excluding carboxylic acids is 2. The van der Waals surface area contributed by atoms with Gasteiger partial charge in [0.2, 0.25) is 11.8 Å². The van der Waals surface area contributed by atoms with Crippen LogP contribution in [-0.4, -0.2) is 18.9 Å². The molecule has 0 saturated carbocycles. The van der Waals surface area contributed by atoms with Crippen molar-refractivity contribution in [1.29, 1.82) is 0 Å². The Hall–Kier alpha value is -2.41. The van der Waals surface area contributed by atoms with Crippen LogP contribution in [0.15, 0.2) is 35.7 Å². The van der Waals surface area contributed by atoms with E-state index in [4.69, 9.17) is 4.74 Å². The molecular weight excluding hydrogens is 343 g/mol. The molecule has 0 aliphatic carbocycles. The van der Waals surface area contributed by atoms with Crippen molar-refractivity contribution in [3.05, 3.63) is 52.0 Å². The Morgan fingerprint density at radius 3 is 2.60 bits per heavy atom. The molecule has 2 rings (SSSR count). The van der Waals surface area contributed by atoms with E-state index < -0.39 is 5.82 Å². The van der Waals surface area contributed by atoms with Crippen LogP contribution in [-0.2, 0) is 9.59 Å². The number of carbonyl (C=O) groups is 2. The summed E-state index contributed by atoms with van der Waals surface area (Å²) in [6, 6.07) is 7.58. The van der Waals surface area contributed by atoms with Crippen molar-refractivity contribution < 1.29 is 18.7 Å². The molecule has 0 radical (unpaired) electrons. The maximum absolute atomic E-state index is 13.8. The third-order valence-electron chi connectivity index (χ3n) is 3.71. The highest BCUT2D eigenvalue weighted by molar-refractivity contribution is 7.10. The summed E-state index contributed by atoms with van der Waals surface area (Å²) in [4.78, 5) is 24.6. The number of benzene rings is 1. The normalized spacial score (nSPS) is 13.0. The number of methoxy groups -OCH3 is 1. The minimum atomic E-state index is -0.476. The van der Waals surface area contributed by atoms with Gasteiger partial charge in [-0.05, 0) is 36.1 Å². The predicted molar refractivity (Wildman–Crippen MR) is 95.0 cm³/mol. The van der Waals surface area contributed by atoms with E-state index in [-0.39, 0.29) is 36.1 Å². The molecule has 7 heteroatoms. The van der Waals surface area contributed by atoms with Gasteiger partial charge in [-0.25, -0.2) is 4.39 Å². The van der Waals surface area contributed by atoms with E-state index in [1.54, 1.807) is 13.0 Å². The van der Waals surface area contributed by atoms with E-state index in [1.807, 2.05) is 17.5 Å². The second-order valence-corrected chi connectivity index (χ2v) is 6.64. The molecule has 0 aliphatic heterocycles. The third-order valence-corrected chi connectivity index (χ3v) is 4.69. The van der Waals surface area contributed by atoms with Crippen molar-refractivity contribution in [2.75, 3.05) is 7.11 Å². The third kappa shape index (κ3) is 5.29. The zero-order valence-electron chi connectivity index (χ0n) is 14.3. The molecule has 134 valence electrons. The molecule has 1 aromatic heterocycles. The molecule has 0 spiro atoms. The lowest BCUT2D eigenvalue weighted by atomic mass is 10.1. The molecule has 1 heterocycles. The number of hydrogen-bond acceptors (Lipinski definition) is 4. The fourth-order valence-electron chi connectivity index (χ4n) is 2.48. The van der Waals surface area contributed by atoms with Crippen LogP contribution in [0.25, 0.3) is 0 Å². The standard InChI is InChI=1S/C18H21FN2O3S/c1-11(13-6-7-16(24-3)14(19)9-13)20-18(23)10-15(21-12(2)22)17-5-4-8-25-17/h4-9,11,15H,10H2,1-3H3,(H,20,23)(H,21,22)/t11-,15-/m0/s1. The molecule has 1 aromatic carbocycles. The summed E-state index contributed by atoms with van der Waals surface area (Å²) < 4.78 is 18.7. The lowest BCUT2D eigenvalue weighted by molar-refractivity contribution is -0.123. The van der Waals surface area contributed by atoms with Crippen molar-refractivity contribution in [2.45, 2.75) is 32.4 Å². The summed E-state index contributed by atoms with van der Waals surface area (Å²) in [5, 5.41) is 7.51. The number of amides is 2. The quantitative estimate of drug-likeness (QED) is 0.792. The van der Waals surface area contributed by atoms with Crippen LogP contribution in [0.3, 0.4) is 0 Å². The number of hydrogen-bond donors (Lipinski definition) is 2. The molecule has 2 atom stereocenters. The highest BCUT2D eigenvalue weighted by Gasteiger charge is 2.20.